The van der Waals surface area contributed by atoms with Crippen molar-refractivity contribution in [2.75, 3.05) is 0 Å². The first kappa shape index (κ1) is 10.6. The van der Waals surface area contributed by atoms with Crippen LogP contribution < -0.4 is 5.73 Å². The summed E-state index contributed by atoms with van der Waals surface area (Å²) in [6.45, 7) is 9.54. The molecule has 8 heavy (non-hydrogen) atoms. The average molecular weight is 115 g/mol. The molecule has 1 atom stereocenters. The summed E-state index contributed by atoms with van der Waals surface area (Å²) in [6.07, 6.45) is 2.74. The van der Waals surface area contributed by atoms with Gasteiger partial charge in [-0.15, -0.1) is 6.58 Å². The summed E-state index contributed by atoms with van der Waals surface area (Å²) in [5.74, 6) is 0. The smallest absolute Gasteiger partial charge is 0.0218 e. The standard InChI is InChI=1S/C5H11N.C2H6/c1-3-5(6)4-2;1-2/h3,5H,1,4,6H2,2H3;1-2H3/t5-;/m1./s1. The fourth-order valence-corrected chi connectivity index (χ4v) is 0.167. The lowest BCUT2D eigenvalue weighted by Crippen LogP contribution is -2.13. The van der Waals surface area contributed by atoms with E-state index >= 15 is 0 Å². The molecule has 0 heterocycles. The zero-order chi connectivity index (χ0) is 6.99. The maximum absolute atomic E-state index is 5.35. The molecule has 0 saturated heterocycles. The van der Waals surface area contributed by atoms with Crippen molar-refractivity contribution in [2.45, 2.75) is 33.2 Å². The van der Waals surface area contributed by atoms with Gasteiger partial charge in [0, 0.05) is 6.04 Å². The average Bonchev–Trinajstić information content (AvgIpc) is 1.91. The van der Waals surface area contributed by atoms with Gasteiger partial charge in [0.1, 0.15) is 0 Å². The second-order valence-electron chi connectivity index (χ2n) is 1.31. The van der Waals surface area contributed by atoms with Crippen LogP contribution in [0.3, 0.4) is 0 Å². The van der Waals surface area contributed by atoms with Gasteiger partial charge in [0.2, 0.25) is 0 Å². The molecule has 0 aromatic rings. The molecule has 0 aromatic carbocycles. The van der Waals surface area contributed by atoms with Crippen LogP contribution in [0.4, 0.5) is 0 Å². The summed E-state index contributed by atoms with van der Waals surface area (Å²) in [5.41, 5.74) is 5.35. The van der Waals surface area contributed by atoms with Crippen LogP contribution in [0.1, 0.15) is 27.2 Å². The minimum atomic E-state index is 0.199. The van der Waals surface area contributed by atoms with Crippen molar-refractivity contribution in [1.29, 1.82) is 0 Å². The molecule has 1 heteroatoms. The van der Waals surface area contributed by atoms with Crippen molar-refractivity contribution >= 4 is 0 Å². The lowest BCUT2D eigenvalue weighted by atomic mass is 10.2. The van der Waals surface area contributed by atoms with Gasteiger partial charge in [-0.05, 0) is 6.42 Å². The van der Waals surface area contributed by atoms with Gasteiger partial charge in [-0.3, -0.25) is 0 Å². The fraction of sp³-hybridized carbons (Fsp3) is 0.714. The minimum Gasteiger partial charge on any atom is -0.324 e. The molecule has 0 saturated carbocycles. The van der Waals surface area contributed by atoms with Gasteiger partial charge < -0.3 is 5.73 Å². The maximum Gasteiger partial charge on any atom is 0.0218 e. The van der Waals surface area contributed by atoms with Gasteiger partial charge in [0.05, 0.1) is 0 Å². The largest absolute Gasteiger partial charge is 0.324 e. The molecule has 0 bridgehead atoms. The molecule has 1 nitrogen and oxygen atoms in total. The Labute approximate surface area is 52.6 Å². The zero-order valence-electron chi connectivity index (χ0n) is 6.15. The van der Waals surface area contributed by atoms with Crippen molar-refractivity contribution in [2.24, 2.45) is 5.73 Å². The maximum atomic E-state index is 5.35. The third kappa shape index (κ3) is 9.20. The van der Waals surface area contributed by atoms with Gasteiger partial charge in [0.15, 0.2) is 0 Å². The monoisotopic (exact) mass is 115 g/mol. The molecule has 0 aliphatic rings. The quantitative estimate of drug-likeness (QED) is 0.547. The van der Waals surface area contributed by atoms with E-state index in [4.69, 9.17) is 5.73 Å². The zero-order valence-corrected chi connectivity index (χ0v) is 6.15. The predicted octanol–water partition coefficient (Wildman–Crippen LogP) is 1.94. The van der Waals surface area contributed by atoms with Crippen LogP contribution in [0, 0.1) is 0 Å². The Bertz CT molecular complexity index is 41.7. The van der Waals surface area contributed by atoms with E-state index in [9.17, 15) is 0 Å². The SMILES string of the molecule is C=C[C@@H](N)CC.CC. The Morgan fingerprint density at radius 2 is 2.00 bits per heavy atom. The van der Waals surface area contributed by atoms with Crippen molar-refractivity contribution in [1.82, 2.24) is 0 Å². The van der Waals surface area contributed by atoms with E-state index in [0.717, 1.165) is 6.42 Å². The van der Waals surface area contributed by atoms with Crippen LogP contribution in [-0.4, -0.2) is 6.04 Å². The Morgan fingerprint density at radius 1 is 1.62 bits per heavy atom. The lowest BCUT2D eigenvalue weighted by Gasteiger charge is -1.95. The third-order valence-electron chi connectivity index (χ3n) is 0.774. The molecule has 50 valence electrons. The van der Waals surface area contributed by atoms with E-state index in [-0.39, 0.29) is 6.04 Å². The molecule has 0 amide bonds. The second-order valence-corrected chi connectivity index (χ2v) is 1.31. The highest BCUT2D eigenvalue weighted by molar-refractivity contribution is 4.79. The second kappa shape index (κ2) is 9.85. The van der Waals surface area contributed by atoms with Crippen molar-refractivity contribution in [3.63, 3.8) is 0 Å². The molecule has 0 fully saturated rings. The summed E-state index contributed by atoms with van der Waals surface area (Å²) < 4.78 is 0. The topological polar surface area (TPSA) is 26.0 Å². The molecule has 0 aliphatic heterocycles. The van der Waals surface area contributed by atoms with Gasteiger partial charge in [-0.25, -0.2) is 0 Å². The lowest BCUT2D eigenvalue weighted by molar-refractivity contribution is 0.784. The van der Waals surface area contributed by atoms with E-state index in [1.807, 2.05) is 20.8 Å². The van der Waals surface area contributed by atoms with E-state index in [1.165, 1.54) is 0 Å². The van der Waals surface area contributed by atoms with Crippen LogP contribution in [0.25, 0.3) is 0 Å². The Kier molecular flexibility index (Phi) is 13.1. The summed E-state index contributed by atoms with van der Waals surface area (Å²) in [5, 5.41) is 0. The summed E-state index contributed by atoms with van der Waals surface area (Å²) in [7, 11) is 0. The first-order valence-electron chi connectivity index (χ1n) is 3.19. The summed E-state index contributed by atoms with van der Waals surface area (Å²) >= 11 is 0. The normalized spacial score (nSPS) is 11.0. The van der Waals surface area contributed by atoms with Crippen LogP contribution in [0.15, 0.2) is 12.7 Å². The molecular weight excluding hydrogens is 98.1 g/mol. The van der Waals surface area contributed by atoms with Crippen molar-refractivity contribution in [3.8, 4) is 0 Å². The molecular formula is C7H17N. The molecule has 0 radical (unpaired) electrons. The van der Waals surface area contributed by atoms with Crippen LogP contribution in [0.2, 0.25) is 0 Å². The molecule has 0 aliphatic carbocycles. The van der Waals surface area contributed by atoms with Crippen LogP contribution >= 0.6 is 0 Å². The van der Waals surface area contributed by atoms with Crippen molar-refractivity contribution < 1.29 is 0 Å². The van der Waals surface area contributed by atoms with Gasteiger partial charge in [-0.2, -0.15) is 0 Å². The van der Waals surface area contributed by atoms with E-state index in [2.05, 4.69) is 6.58 Å². The van der Waals surface area contributed by atoms with E-state index in [0.29, 0.717) is 0 Å². The highest BCUT2D eigenvalue weighted by Gasteiger charge is 1.84. The van der Waals surface area contributed by atoms with Gasteiger partial charge >= 0.3 is 0 Å². The minimum absolute atomic E-state index is 0.199. The van der Waals surface area contributed by atoms with Crippen molar-refractivity contribution in [3.05, 3.63) is 12.7 Å². The number of hydrogen-bond donors (Lipinski definition) is 1. The first-order chi connectivity index (χ1) is 3.81. The number of nitrogens with two attached hydrogens (primary N) is 1. The molecule has 0 spiro atoms. The van der Waals surface area contributed by atoms with E-state index in [1.54, 1.807) is 6.08 Å². The molecule has 0 aromatic heterocycles. The summed E-state index contributed by atoms with van der Waals surface area (Å²) in [4.78, 5) is 0. The molecule has 0 unspecified atom stereocenters. The first-order valence-corrected chi connectivity index (χ1v) is 3.19. The third-order valence-corrected chi connectivity index (χ3v) is 0.774. The highest BCUT2D eigenvalue weighted by Crippen LogP contribution is 1.82. The number of hydrogen-bond acceptors (Lipinski definition) is 1. The van der Waals surface area contributed by atoms with Crippen LogP contribution in [-0.2, 0) is 0 Å². The molecule has 0 rings (SSSR count). The Hall–Kier alpha value is -0.300. The van der Waals surface area contributed by atoms with Gasteiger partial charge in [0.25, 0.3) is 0 Å². The fourth-order valence-electron chi connectivity index (χ4n) is 0.167. The Balaban J connectivity index is 0. The van der Waals surface area contributed by atoms with Crippen LogP contribution in [0.5, 0.6) is 0 Å². The summed E-state index contributed by atoms with van der Waals surface area (Å²) in [6, 6.07) is 0.199. The van der Waals surface area contributed by atoms with Gasteiger partial charge in [-0.1, -0.05) is 26.8 Å². The highest BCUT2D eigenvalue weighted by atomic mass is 14.6. The number of rotatable bonds is 2. The predicted molar refractivity (Wildman–Crippen MR) is 39.8 cm³/mol. The molecule has 2 N–H and O–H groups in total. The van der Waals surface area contributed by atoms with E-state index < -0.39 is 0 Å². The Morgan fingerprint density at radius 3 is 2.00 bits per heavy atom.